The summed E-state index contributed by atoms with van der Waals surface area (Å²) in [6.45, 7) is 2.30. The first-order valence-corrected chi connectivity index (χ1v) is 6.42. The van der Waals surface area contributed by atoms with E-state index in [4.69, 9.17) is 9.47 Å². The fraction of sp³-hybridized carbons (Fsp3) is 0.500. The monoisotopic (exact) mass is 282 g/mol. The van der Waals surface area contributed by atoms with Crippen LogP contribution in [0.3, 0.4) is 0 Å². The summed E-state index contributed by atoms with van der Waals surface area (Å²) in [6.07, 6.45) is 0. The molecule has 0 saturated heterocycles. The van der Waals surface area contributed by atoms with Gasteiger partial charge in [-0.1, -0.05) is 0 Å². The number of phenols is 1. The molecule has 0 aromatic heterocycles. The molecule has 0 aliphatic carbocycles. The Morgan fingerprint density at radius 3 is 2.70 bits per heavy atom. The molecule has 0 spiro atoms. The van der Waals surface area contributed by atoms with E-state index in [9.17, 15) is 9.90 Å². The molecule has 6 heteroatoms. The molecule has 20 heavy (non-hydrogen) atoms. The van der Waals surface area contributed by atoms with Crippen molar-refractivity contribution < 1.29 is 19.4 Å². The molecule has 0 radical (unpaired) electrons. The molecule has 0 unspecified atom stereocenters. The second-order valence-corrected chi connectivity index (χ2v) is 4.55. The van der Waals surface area contributed by atoms with Gasteiger partial charge < -0.3 is 24.8 Å². The van der Waals surface area contributed by atoms with Gasteiger partial charge in [0, 0.05) is 19.2 Å². The normalized spacial score (nSPS) is 10.6. The Bertz CT molecular complexity index is 435. The van der Waals surface area contributed by atoms with Crippen LogP contribution in [0.5, 0.6) is 11.5 Å². The number of nitrogens with zero attached hydrogens (tertiary/aromatic N) is 1. The van der Waals surface area contributed by atoms with Gasteiger partial charge in [-0.05, 0) is 26.2 Å². The van der Waals surface area contributed by atoms with Gasteiger partial charge in [-0.15, -0.1) is 0 Å². The van der Waals surface area contributed by atoms with E-state index < -0.39 is 0 Å². The molecular weight excluding hydrogens is 260 g/mol. The lowest BCUT2D eigenvalue weighted by molar-refractivity contribution is 0.0898. The topological polar surface area (TPSA) is 71.0 Å². The minimum Gasteiger partial charge on any atom is -0.507 e. The van der Waals surface area contributed by atoms with Crippen LogP contribution >= 0.6 is 0 Å². The SMILES string of the molecule is COc1ccc(C(=O)NCCOCCN(C)C)c(O)c1. The number of amides is 1. The molecule has 0 saturated carbocycles. The fourth-order valence-corrected chi connectivity index (χ4v) is 1.51. The van der Waals surface area contributed by atoms with Crippen molar-refractivity contribution in [2.24, 2.45) is 0 Å². The third-order valence-electron chi connectivity index (χ3n) is 2.66. The summed E-state index contributed by atoms with van der Waals surface area (Å²) in [5, 5.41) is 12.4. The highest BCUT2D eigenvalue weighted by Gasteiger charge is 2.11. The summed E-state index contributed by atoms with van der Waals surface area (Å²) in [5.41, 5.74) is 0.221. The maximum absolute atomic E-state index is 11.8. The van der Waals surface area contributed by atoms with Crippen molar-refractivity contribution in [2.75, 3.05) is 47.5 Å². The Hall–Kier alpha value is -1.79. The van der Waals surface area contributed by atoms with Gasteiger partial charge >= 0.3 is 0 Å². The first-order chi connectivity index (χ1) is 9.54. The number of methoxy groups -OCH3 is 1. The lowest BCUT2D eigenvalue weighted by Crippen LogP contribution is -2.28. The van der Waals surface area contributed by atoms with Crippen LogP contribution in [0.15, 0.2) is 18.2 Å². The van der Waals surface area contributed by atoms with E-state index in [0.717, 1.165) is 6.54 Å². The van der Waals surface area contributed by atoms with Crippen LogP contribution < -0.4 is 10.1 Å². The molecule has 1 amide bonds. The predicted molar refractivity (Wildman–Crippen MR) is 76.4 cm³/mol. The van der Waals surface area contributed by atoms with Gasteiger partial charge in [0.1, 0.15) is 11.5 Å². The molecule has 0 aliphatic rings. The van der Waals surface area contributed by atoms with E-state index in [0.29, 0.717) is 25.5 Å². The van der Waals surface area contributed by atoms with Crippen molar-refractivity contribution in [2.45, 2.75) is 0 Å². The summed E-state index contributed by atoms with van der Waals surface area (Å²) >= 11 is 0. The maximum Gasteiger partial charge on any atom is 0.255 e. The molecule has 2 N–H and O–H groups in total. The third-order valence-corrected chi connectivity index (χ3v) is 2.66. The number of likely N-dealkylation sites (N-methyl/N-ethyl adjacent to an activating group) is 1. The van der Waals surface area contributed by atoms with E-state index in [1.807, 2.05) is 19.0 Å². The summed E-state index contributed by atoms with van der Waals surface area (Å²) in [4.78, 5) is 13.9. The Labute approximate surface area is 119 Å². The summed E-state index contributed by atoms with van der Waals surface area (Å²) in [5.74, 6) is 0.0720. The smallest absolute Gasteiger partial charge is 0.255 e. The van der Waals surface area contributed by atoms with Gasteiger partial charge in [0.2, 0.25) is 0 Å². The zero-order chi connectivity index (χ0) is 15.0. The highest BCUT2D eigenvalue weighted by Crippen LogP contribution is 2.22. The number of rotatable bonds is 8. The van der Waals surface area contributed by atoms with Crippen molar-refractivity contribution in [1.82, 2.24) is 10.2 Å². The molecule has 0 bridgehead atoms. The Morgan fingerprint density at radius 2 is 2.10 bits per heavy atom. The van der Waals surface area contributed by atoms with Crippen LogP contribution in [0.1, 0.15) is 10.4 Å². The van der Waals surface area contributed by atoms with Crippen molar-refractivity contribution in [3.63, 3.8) is 0 Å². The molecule has 0 atom stereocenters. The van der Waals surface area contributed by atoms with Gasteiger partial charge in [-0.3, -0.25) is 4.79 Å². The lowest BCUT2D eigenvalue weighted by atomic mass is 10.2. The van der Waals surface area contributed by atoms with E-state index in [-0.39, 0.29) is 17.2 Å². The Balaban J connectivity index is 2.32. The average molecular weight is 282 g/mol. The Kier molecular flexibility index (Phi) is 6.83. The molecule has 1 rings (SSSR count). The van der Waals surface area contributed by atoms with Crippen molar-refractivity contribution in [1.29, 1.82) is 0 Å². The fourth-order valence-electron chi connectivity index (χ4n) is 1.51. The maximum atomic E-state index is 11.8. The third kappa shape index (κ3) is 5.46. The Morgan fingerprint density at radius 1 is 1.35 bits per heavy atom. The number of nitrogens with one attached hydrogen (secondary N) is 1. The molecule has 112 valence electrons. The zero-order valence-corrected chi connectivity index (χ0v) is 12.2. The first kappa shape index (κ1) is 16.3. The summed E-state index contributed by atoms with van der Waals surface area (Å²) in [6, 6.07) is 4.56. The highest BCUT2D eigenvalue weighted by atomic mass is 16.5. The number of hydrogen-bond acceptors (Lipinski definition) is 5. The molecule has 0 aliphatic heterocycles. The van der Waals surface area contributed by atoms with Crippen LogP contribution in [0.2, 0.25) is 0 Å². The van der Waals surface area contributed by atoms with Crippen LogP contribution in [-0.2, 0) is 4.74 Å². The number of hydrogen-bond donors (Lipinski definition) is 2. The van der Waals surface area contributed by atoms with Crippen molar-refractivity contribution in [3.05, 3.63) is 23.8 Å². The number of ether oxygens (including phenoxy) is 2. The lowest BCUT2D eigenvalue weighted by Gasteiger charge is -2.11. The number of benzene rings is 1. The molecule has 1 aromatic rings. The van der Waals surface area contributed by atoms with Gasteiger partial charge in [0.25, 0.3) is 5.91 Å². The zero-order valence-electron chi connectivity index (χ0n) is 12.2. The number of carbonyl (C=O) groups is 1. The molecular formula is C14H22N2O4. The van der Waals surface area contributed by atoms with Crippen LogP contribution in [-0.4, -0.2) is 63.4 Å². The first-order valence-electron chi connectivity index (χ1n) is 6.42. The van der Waals surface area contributed by atoms with Gasteiger partial charge in [-0.25, -0.2) is 0 Å². The largest absolute Gasteiger partial charge is 0.507 e. The van der Waals surface area contributed by atoms with E-state index in [1.54, 1.807) is 6.07 Å². The standard InChI is InChI=1S/C14H22N2O4/c1-16(2)7-9-20-8-6-15-14(18)12-5-4-11(19-3)10-13(12)17/h4-5,10,17H,6-9H2,1-3H3,(H,15,18). The van der Waals surface area contributed by atoms with Gasteiger partial charge in [0.05, 0.1) is 25.9 Å². The van der Waals surface area contributed by atoms with Crippen molar-refractivity contribution in [3.8, 4) is 11.5 Å². The van der Waals surface area contributed by atoms with E-state index >= 15 is 0 Å². The van der Waals surface area contributed by atoms with Gasteiger partial charge in [0.15, 0.2) is 0 Å². The highest BCUT2D eigenvalue weighted by molar-refractivity contribution is 5.96. The summed E-state index contributed by atoms with van der Waals surface area (Å²) < 4.78 is 10.3. The van der Waals surface area contributed by atoms with Gasteiger partial charge in [-0.2, -0.15) is 0 Å². The molecule has 6 nitrogen and oxygen atoms in total. The van der Waals surface area contributed by atoms with Crippen LogP contribution in [0, 0.1) is 0 Å². The molecule has 0 fully saturated rings. The molecule has 1 aromatic carbocycles. The number of phenolic OH excluding ortho intramolecular Hbond substituents is 1. The average Bonchev–Trinajstić information content (AvgIpc) is 2.41. The number of carbonyl (C=O) groups excluding carboxylic acids is 1. The summed E-state index contributed by atoms with van der Waals surface area (Å²) in [7, 11) is 5.44. The van der Waals surface area contributed by atoms with Crippen LogP contribution in [0.4, 0.5) is 0 Å². The quantitative estimate of drug-likeness (QED) is 0.687. The second kappa shape index (κ2) is 8.39. The van der Waals surface area contributed by atoms with Crippen LogP contribution in [0.25, 0.3) is 0 Å². The minimum absolute atomic E-state index is 0.102. The predicted octanol–water partition coefficient (Wildman–Crippen LogP) is 0.709. The van der Waals surface area contributed by atoms with E-state index in [1.165, 1.54) is 19.2 Å². The van der Waals surface area contributed by atoms with E-state index in [2.05, 4.69) is 5.32 Å². The van der Waals surface area contributed by atoms with Crippen molar-refractivity contribution >= 4 is 5.91 Å². The molecule has 0 heterocycles. The second-order valence-electron chi connectivity index (χ2n) is 4.55. The number of aromatic hydroxyl groups is 1. The minimum atomic E-state index is -0.332.